The van der Waals surface area contributed by atoms with Crippen molar-refractivity contribution < 1.29 is 4.74 Å². The van der Waals surface area contributed by atoms with Crippen LogP contribution in [-0.2, 0) is 6.54 Å². The Hall–Kier alpha value is -1.42. The highest BCUT2D eigenvalue weighted by atomic mass is 16.5. The van der Waals surface area contributed by atoms with Crippen molar-refractivity contribution in [1.29, 1.82) is 5.53 Å². The zero-order valence-electron chi connectivity index (χ0n) is 6.87. The molecule has 4 heteroatoms. The molecule has 12 heavy (non-hydrogen) atoms. The second-order valence-electron chi connectivity index (χ2n) is 2.31. The molecule has 1 aromatic rings. The Balaban J connectivity index is 3.10. The molecule has 0 bridgehead atoms. The fourth-order valence-electron chi connectivity index (χ4n) is 0.994. The number of nitrogens with zero attached hydrogens (tertiary/aromatic N) is 1. The molecule has 0 aliphatic carbocycles. The van der Waals surface area contributed by atoms with Gasteiger partial charge in [-0.3, -0.25) is 0 Å². The van der Waals surface area contributed by atoms with Crippen molar-refractivity contribution >= 4 is 5.69 Å². The third kappa shape index (κ3) is 1.60. The Bertz CT molecular complexity index is 286. The van der Waals surface area contributed by atoms with Crippen molar-refractivity contribution in [3.63, 3.8) is 0 Å². The van der Waals surface area contributed by atoms with Crippen LogP contribution in [0.5, 0.6) is 5.75 Å². The predicted octanol–water partition coefficient (Wildman–Crippen LogP) is 1.82. The molecule has 1 rings (SSSR count). The van der Waals surface area contributed by atoms with E-state index in [0.29, 0.717) is 12.2 Å². The summed E-state index contributed by atoms with van der Waals surface area (Å²) >= 11 is 0. The highest BCUT2D eigenvalue weighted by Gasteiger charge is 2.01. The van der Waals surface area contributed by atoms with Crippen LogP contribution < -0.4 is 10.5 Å². The average Bonchev–Trinajstić information content (AvgIpc) is 2.16. The van der Waals surface area contributed by atoms with Crippen LogP contribution in [0, 0.1) is 5.53 Å². The second-order valence-corrected chi connectivity index (χ2v) is 2.31. The minimum atomic E-state index is 0.395. The third-order valence-corrected chi connectivity index (χ3v) is 1.61. The molecule has 0 aliphatic rings. The molecule has 1 aromatic carbocycles. The Morgan fingerprint density at radius 3 is 2.83 bits per heavy atom. The summed E-state index contributed by atoms with van der Waals surface area (Å²) in [5, 5.41) is 3.29. The molecule has 0 spiro atoms. The number of methoxy groups -OCH3 is 1. The minimum absolute atomic E-state index is 0.395. The molecule has 0 amide bonds. The van der Waals surface area contributed by atoms with E-state index in [1.54, 1.807) is 25.3 Å². The van der Waals surface area contributed by atoms with E-state index in [1.807, 2.05) is 0 Å². The Labute approximate surface area is 70.9 Å². The van der Waals surface area contributed by atoms with E-state index in [2.05, 4.69) is 5.11 Å². The Morgan fingerprint density at radius 2 is 2.33 bits per heavy atom. The summed E-state index contributed by atoms with van der Waals surface area (Å²) < 4.78 is 5.05. The Morgan fingerprint density at radius 1 is 1.58 bits per heavy atom. The lowest BCUT2D eigenvalue weighted by Crippen LogP contribution is -1.99. The maximum Gasteiger partial charge on any atom is 0.123 e. The van der Waals surface area contributed by atoms with E-state index in [9.17, 15) is 0 Å². The molecule has 0 unspecified atom stereocenters. The van der Waals surface area contributed by atoms with Crippen molar-refractivity contribution in [3.8, 4) is 5.75 Å². The number of hydrogen-bond donors (Lipinski definition) is 2. The van der Waals surface area contributed by atoms with E-state index < -0.39 is 0 Å². The highest BCUT2D eigenvalue weighted by molar-refractivity contribution is 5.46. The summed E-state index contributed by atoms with van der Waals surface area (Å²) in [5.41, 5.74) is 13.7. The van der Waals surface area contributed by atoms with E-state index in [-0.39, 0.29) is 0 Å². The summed E-state index contributed by atoms with van der Waals surface area (Å²) in [6.45, 7) is 0.395. The van der Waals surface area contributed by atoms with Crippen LogP contribution in [0.25, 0.3) is 0 Å². The van der Waals surface area contributed by atoms with Crippen LogP contribution in [0.1, 0.15) is 5.56 Å². The molecule has 4 nitrogen and oxygen atoms in total. The third-order valence-electron chi connectivity index (χ3n) is 1.61. The van der Waals surface area contributed by atoms with Gasteiger partial charge < -0.3 is 10.5 Å². The highest BCUT2D eigenvalue weighted by Crippen LogP contribution is 2.23. The quantitative estimate of drug-likeness (QED) is 0.670. The van der Waals surface area contributed by atoms with Crippen molar-refractivity contribution in [2.24, 2.45) is 10.8 Å². The molecule has 0 saturated carbocycles. The zero-order chi connectivity index (χ0) is 8.97. The lowest BCUT2D eigenvalue weighted by molar-refractivity contribution is 0.410. The summed E-state index contributed by atoms with van der Waals surface area (Å²) in [6, 6.07) is 5.21. The molecule has 0 heterocycles. The largest absolute Gasteiger partial charge is 0.496 e. The van der Waals surface area contributed by atoms with Crippen molar-refractivity contribution in [3.05, 3.63) is 23.8 Å². The normalized spacial score (nSPS) is 9.50. The first kappa shape index (κ1) is 8.67. The topological polar surface area (TPSA) is 71.5 Å². The lowest BCUT2D eigenvalue weighted by Gasteiger charge is -2.05. The van der Waals surface area contributed by atoms with Crippen LogP contribution in [-0.4, -0.2) is 7.11 Å². The molecule has 0 atom stereocenters. The van der Waals surface area contributed by atoms with Crippen LogP contribution >= 0.6 is 0 Å². The van der Waals surface area contributed by atoms with Crippen molar-refractivity contribution in [2.75, 3.05) is 7.11 Å². The maximum absolute atomic E-state index is 6.79. The van der Waals surface area contributed by atoms with Gasteiger partial charge >= 0.3 is 0 Å². The number of nitrogens with two attached hydrogens (primary N) is 1. The summed E-state index contributed by atoms with van der Waals surface area (Å²) in [4.78, 5) is 0. The second kappa shape index (κ2) is 3.82. The number of ether oxygens (including phenoxy) is 1. The molecule has 64 valence electrons. The van der Waals surface area contributed by atoms with Gasteiger partial charge in [-0.05, 0) is 18.2 Å². The van der Waals surface area contributed by atoms with Crippen molar-refractivity contribution in [2.45, 2.75) is 6.54 Å². The fraction of sp³-hybridized carbons (Fsp3) is 0.250. The first-order valence-electron chi connectivity index (χ1n) is 3.56. The van der Waals surface area contributed by atoms with Crippen LogP contribution in [0.4, 0.5) is 5.69 Å². The number of benzene rings is 1. The van der Waals surface area contributed by atoms with Crippen LogP contribution in [0.3, 0.4) is 0 Å². The van der Waals surface area contributed by atoms with E-state index in [4.69, 9.17) is 16.0 Å². The molecular weight excluding hydrogens is 154 g/mol. The monoisotopic (exact) mass is 165 g/mol. The first-order valence-corrected chi connectivity index (χ1v) is 3.56. The van der Waals surface area contributed by atoms with E-state index >= 15 is 0 Å². The Kier molecular flexibility index (Phi) is 2.76. The van der Waals surface area contributed by atoms with Gasteiger partial charge in [0.15, 0.2) is 0 Å². The van der Waals surface area contributed by atoms with Gasteiger partial charge in [0.05, 0.1) is 12.8 Å². The van der Waals surface area contributed by atoms with Crippen LogP contribution in [0.2, 0.25) is 0 Å². The zero-order valence-corrected chi connectivity index (χ0v) is 6.87. The molecule has 0 saturated heterocycles. The SMILES string of the molecule is COc1ccc(N=N)cc1CN. The molecule has 0 aliphatic heterocycles. The number of nitrogens with one attached hydrogen (secondary N) is 1. The first-order chi connectivity index (χ1) is 5.81. The number of rotatable bonds is 3. The fourth-order valence-corrected chi connectivity index (χ4v) is 0.994. The molecule has 0 aromatic heterocycles. The van der Waals surface area contributed by atoms with Crippen LogP contribution in [0.15, 0.2) is 23.3 Å². The molecule has 3 N–H and O–H groups in total. The average molecular weight is 165 g/mol. The van der Waals surface area contributed by atoms with Gasteiger partial charge in [0, 0.05) is 12.1 Å². The maximum atomic E-state index is 6.79. The van der Waals surface area contributed by atoms with Gasteiger partial charge in [-0.2, -0.15) is 5.11 Å². The smallest absolute Gasteiger partial charge is 0.123 e. The standard InChI is InChI=1S/C8H11N3O/c1-12-8-3-2-7(11-10)4-6(8)5-9/h2-4,10H,5,9H2,1H3. The predicted molar refractivity (Wildman–Crippen MR) is 45.7 cm³/mol. The molecule has 0 radical (unpaired) electrons. The van der Waals surface area contributed by atoms with Gasteiger partial charge in [0.2, 0.25) is 0 Å². The molecular formula is C8H11N3O. The van der Waals surface area contributed by atoms with E-state index in [0.717, 1.165) is 11.3 Å². The molecule has 0 fully saturated rings. The van der Waals surface area contributed by atoms with Crippen molar-refractivity contribution in [1.82, 2.24) is 0 Å². The minimum Gasteiger partial charge on any atom is -0.496 e. The van der Waals surface area contributed by atoms with Gasteiger partial charge in [-0.25, -0.2) is 5.53 Å². The van der Waals surface area contributed by atoms with Gasteiger partial charge in [0.1, 0.15) is 5.75 Å². The summed E-state index contributed by atoms with van der Waals surface area (Å²) in [7, 11) is 1.59. The summed E-state index contributed by atoms with van der Waals surface area (Å²) in [5.74, 6) is 0.741. The van der Waals surface area contributed by atoms with Gasteiger partial charge in [-0.1, -0.05) is 0 Å². The van der Waals surface area contributed by atoms with E-state index in [1.165, 1.54) is 0 Å². The summed E-state index contributed by atoms with van der Waals surface area (Å²) in [6.07, 6.45) is 0. The lowest BCUT2D eigenvalue weighted by atomic mass is 10.2. The van der Waals surface area contributed by atoms with Gasteiger partial charge in [-0.15, -0.1) is 0 Å². The number of hydrogen-bond acceptors (Lipinski definition) is 4. The van der Waals surface area contributed by atoms with Gasteiger partial charge in [0.25, 0.3) is 0 Å².